The number of hydrogen-bond donors (Lipinski definition) is 4. The Morgan fingerprint density at radius 3 is 2.45 bits per heavy atom. The van der Waals surface area contributed by atoms with Crippen molar-refractivity contribution in [3.63, 3.8) is 0 Å². The molecule has 0 bridgehead atoms. The number of nitrogen functional groups attached to an aromatic ring is 2. The van der Waals surface area contributed by atoms with Crippen LogP contribution in [0.3, 0.4) is 0 Å². The Morgan fingerprint density at radius 1 is 1.05 bits per heavy atom. The molecule has 3 aromatic rings. The van der Waals surface area contributed by atoms with Crippen LogP contribution in [0.25, 0.3) is 22.3 Å². The molecular formula is C16H14N2O4. The zero-order chi connectivity index (χ0) is 16.0. The number of phenols is 1. The average molecular weight is 298 g/mol. The smallest absolute Gasteiger partial charge is 0.235 e. The van der Waals surface area contributed by atoms with Crippen molar-refractivity contribution in [1.29, 1.82) is 0 Å². The van der Waals surface area contributed by atoms with Crippen LogP contribution in [0.15, 0.2) is 39.5 Å². The predicted octanol–water partition coefficient (Wildman–Crippen LogP) is 2.34. The Kier molecular flexibility index (Phi) is 2.95. The second-order valence-corrected chi connectivity index (χ2v) is 5.11. The normalized spacial score (nSPS) is 11.0. The summed E-state index contributed by atoms with van der Waals surface area (Å²) in [6, 6.07) is 7.53. The van der Waals surface area contributed by atoms with Crippen molar-refractivity contribution < 1.29 is 14.6 Å². The molecular weight excluding hydrogens is 284 g/mol. The maximum Gasteiger partial charge on any atom is 0.235 e. The first kappa shape index (κ1) is 13.8. The molecule has 112 valence electrons. The van der Waals surface area contributed by atoms with Gasteiger partial charge in [0.15, 0.2) is 11.3 Å². The SMILES string of the molecule is Cc1cc(N)c2oc(-c3ccc(O)c(N)c3)c(O)c(=O)c2c1. The van der Waals surface area contributed by atoms with Gasteiger partial charge in [0, 0.05) is 5.56 Å². The van der Waals surface area contributed by atoms with E-state index in [2.05, 4.69) is 0 Å². The molecule has 1 aromatic heterocycles. The summed E-state index contributed by atoms with van der Waals surface area (Å²) < 4.78 is 5.63. The van der Waals surface area contributed by atoms with E-state index in [-0.39, 0.29) is 28.2 Å². The maximum atomic E-state index is 12.3. The van der Waals surface area contributed by atoms with E-state index >= 15 is 0 Å². The van der Waals surface area contributed by atoms with Crippen LogP contribution in [-0.2, 0) is 0 Å². The molecule has 3 rings (SSSR count). The first-order valence-electron chi connectivity index (χ1n) is 6.53. The molecule has 0 saturated heterocycles. The summed E-state index contributed by atoms with van der Waals surface area (Å²) in [4.78, 5) is 12.3. The highest BCUT2D eigenvalue weighted by atomic mass is 16.4. The molecule has 0 atom stereocenters. The van der Waals surface area contributed by atoms with Crippen LogP contribution in [0.5, 0.6) is 11.5 Å². The first-order chi connectivity index (χ1) is 10.4. The quantitative estimate of drug-likeness (QED) is 0.404. The van der Waals surface area contributed by atoms with Crippen LogP contribution in [-0.4, -0.2) is 10.2 Å². The van der Waals surface area contributed by atoms with Crippen molar-refractivity contribution in [2.24, 2.45) is 0 Å². The molecule has 0 unspecified atom stereocenters. The Labute approximate surface area is 125 Å². The van der Waals surface area contributed by atoms with Crippen molar-refractivity contribution in [2.45, 2.75) is 6.92 Å². The van der Waals surface area contributed by atoms with Crippen molar-refractivity contribution in [3.8, 4) is 22.8 Å². The number of hydrogen-bond acceptors (Lipinski definition) is 6. The fourth-order valence-electron chi connectivity index (χ4n) is 2.36. The number of fused-ring (bicyclic) bond motifs is 1. The predicted molar refractivity (Wildman–Crippen MR) is 84.8 cm³/mol. The average Bonchev–Trinajstić information content (AvgIpc) is 2.46. The summed E-state index contributed by atoms with van der Waals surface area (Å²) >= 11 is 0. The highest BCUT2D eigenvalue weighted by molar-refractivity contribution is 5.91. The molecule has 0 spiro atoms. The fraction of sp³-hybridized carbons (Fsp3) is 0.0625. The van der Waals surface area contributed by atoms with E-state index < -0.39 is 11.2 Å². The van der Waals surface area contributed by atoms with Crippen LogP contribution in [0.4, 0.5) is 11.4 Å². The van der Waals surface area contributed by atoms with Crippen LogP contribution < -0.4 is 16.9 Å². The molecule has 0 radical (unpaired) electrons. The highest BCUT2D eigenvalue weighted by Crippen LogP contribution is 2.35. The summed E-state index contributed by atoms with van der Waals surface area (Å²) in [6.45, 7) is 1.79. The van der Waals surface area contributed by atoms with Gasteiger partial charge in [0.05, 0.1) is 16.8 Å². The number of rotatable bonds is 1. The van der Waals surface area contributed by atoms with Crippen LogP contribution in [0.2, 0.25) is 0 Å². The standard InChI is InChI=1S/C16H14N2O4/c1-7-4-9-13(20)14(21)15(22-16(9)11(18)5-7)8-2-3-12(19)10(17)6-8/h2-6,19,21H,17-18H2,1H3. The number of aromatic hydroxyl groups is 2. The van der Waals surface area contributed by atoms with Gasteiger partial charge in [0.1, 0.15) is 5.75 Å². The summed E-state index contributed by atoms with van der Waals surface area (Å²) in [5, 5.41) is 19.8. The molecule has 0 aliphatic carbocycles. The van der Waals surface area contributed by atoms with E-state index in [0.29, 0.717) is 11.3 Å². The molecule has 6 heteroatoms. The van der Waals surface area contributed by atoms with Crippen molar-refractivity contribution in [3.05, 3.63) is 46.1 Å². The van der Waals surface area contributed by atoms with Gasteiger partial charge in [0.25, 0.3) is 0 Å². The van der Waals surface area contributed by atoms with Crippen LogP contribution in [0, 0.1) is 6.92 Å². The number of phenolic OH excluding ortho intramolecular Hbond substituents is 1. The van der Waals surface area contributed by atoms with Gasteiger partial charge in [-0.3, -0.25) is 4.79 Å². The third kappa shape index (κ3) is 2.01. The summed E-state index contributed by atoms with van der Waals surface area (Å²) in [5.41, 5.74) is 12.7. The van der Waals surface area contributed by atoms with Gasteiger partial charge >= 0.3 is 0 Å². The van der Waals surface area contributed by atoms with E-state index in [0.717, 1.165) is 5.56 Å². The number of benzene rings is 2. The molecule has 0 saturated carbocycles. The first-order valence-corrected chi connectivity index (χ1v) is 6.53. The Bertz CT molecular complexity index is 960. The largest absolute Gasteiger partial charge is 0.506 e. The van der Waals surface area contributed by atoms with Crippen molar-refractivity contribution >= 4 is 22.3 Å². The van der Waals surface area contributed by atoms with E-state index in [9.17, 15) is 15.0 Å². The Balaban J connectivity index is 2.38. The fourth-order valence-corrected chi connectivity index (χ4v) is 2.36. The summed E-state index contributed by atoms with van der Waals surface area (Å²) in [7, 11) is 0. The van der Waals surface area contributed by atoms with Crippen molar-refractivity contribution in [1.82, 2.24) is 0 Å². The molecule has 0 aliphatic heterocycles. The third-order valence-corrected chi connectivity index (χ3v) is 3.43. The van der Waals surface area contributed by atoms with E-state index in [4.69, 9.17) is 15.9 Å². The molecule has 1 heterocycles. The van der Waals surface area contributed by atoms with Crippen LogP contribution in [0.1, 0.15) is 5.56 Å². The van der Waals surface area contributed by atoms with E-state index in [1.165, 1.54) is 18.2 Å². The molecule has 2 aromatic carbocycles. The summed E-state index contributed by atoms with van der Waals surface area (Å²) in [6.07, 6.45) is 0. The number of nitrogens with two attached hydrogens (primary N) is 2. The lowest BCUT2D eigenvalue weighted by Gasteiger charge is -2.09. The lowest BCUT2D eigenvalue weighted by molar-refractivity contribution is 0.449. The minimum absolute atomic E-state index is 0.0419. The topological polar surface area (TPSA) is 123 Å². The van der Waals surface area contributed by atoms with Gasteiger partial charge in [-0.05, 0) is 42.8 Å². The van der Waals surface area contributed by atoms with Gasteiger partial charge in [0.2, 0.25) is 11.2 Å². The lowest BCUT2D eigenvalue weighted by Crippen LogP contribution is -2.04. The Morgan fingerprint density at radius 2 is 1.77 bits per heavy atom. The van der Waals surface area contributed by atoms with Crippen LogP contribution >= 0.6 is 0 Å². The highest BCUT2D eigenvalue weighted by Gasteiger charge is 2.17. The third-order valence-electron chi connectivity index (χ3n) is 3.43. The Hall–Kier alpha value is -3.15. The minimum Gasteiger partial charge on any atom is -0.506 e. The molecule has 22 heavy (non-hydrogen) atoms. The molecule has 6 N–H and O–H groups in total. The zero-order valence-electron chi connectivity index (χ0n) is 11.8. The number of anilines is 2. The van der Waals surface area contributed by atoms with Gasteiger partial charge in [-0.15, -0.1) is 0 Å². The maximum absolute atomic E-state index is 12.3. The molecule has 0 amide bonds. The van der Waals surface area contributed by atoms with Crippen molar-refractivity contribution in [2.75, 3.05) is 11.5 Å². The monoisotopic (exact) mass is 298 g/mol. The molecule has 0 aliphatic rings. The van der Waals surface area contributed by atoms with Gasteiger partial charge in [-0.2, -0.15) is 0 Å². The lowest BCUT2D eigenvalue weighted by atomic mass is 10.1. The van der Waals surface area contributed by atoms with E-state index in [1.54, 1.807) is 19.1 Å². The number of aryl methyl sites for hydroxylation is 1. The van der Waals surface area contributed by atoms with Gasteiger partial charge < -0.3 is 26.1 Å². The van der Waals surface area contributed by atoms with Gasteiger partial charge in [-0.1, -0.05) is 0 Å². The molecule has 6 nitrogen and oxygen atoms in total. The second kappa shape index (κ2) is 4.70. The second-order valence-electron chi connectivity index (χ2n) is 5.11. The molecule has 0 fully saturated rings. The van der Waals surface area contributed by atoms with Gasteiger partial charge in [-0.25, -0.2) is 0 Å². The van der Waals surface area contributed by atoms with E-state index in [1.807, 2.05) is 0 Å². The summed E-state index contributed by atoms with van der Waals surface area (Å²) in [5.74, 6) is -0.663. The minimum atomic E-state index is -0.571. The zero-order valence-corrected chi connectivity index (χ0v) is 11.8.